The fraction of sp³-hybridized carbons (Fsp3) is 0.500. The molecule has 96 valence electrons. The minimum Gasteiger partial charge on any atom is -0.304 e. The molecular formula is C14H19N3S. The van der Waals surface area contributed by atoms with Crippen molar-refractivity contribution >= 4 is 21.6 Å². The Kier molecular flexibility index (Phi) is 3.33. The number of piperazine rings is 1. The van der Waals surface area contributed by atoms with Gasteiger partial charge in [-0.15, -0.1) is 11.3 Å². The Bertz CT molecular complexity index is 541. The third-order valence-corrected chi connectivity index (χ3v) is 4.50. The third kappa shape index (κ3) is 2.55. The van der Waals surface area contributed by atoms with Crippen LogP contribution in [0.5, 0.6) is 0 Å². The predicted octanol–water partition coefficient (Wildman–Crippen LogP) is 2.35. The van der Waals surface area contributed by atoms with E-state index in [4.69, 9.17) is 0 Å². The Morgan fingerprint density at radius 3 is 2.78 bits per heavy atom. The zero-order valence-corrected chi connectivity index (χ0v) is 11.8. The van der Waals surface area contributed by atoms with Crippen molar-refractivity contribution in [3.8, 4) is 0 Å². The molecule has 1 fully saturated rings. The number of hydrogen-bond acceptors (Lipinski definition) is 4. The molecule has 0 atom stereocenters. The zero-order valence-electron chi connectivity index (χ0n) is 11.0. The van der Waals surface area contributed by atoms with Crippen molar-refractivity contribution in [2.45, 2.75) is 13.5 Å². The van der Waals surface area contributed by atoms with Crippen LogP contribution in [0.1, 0.15) is 10.6 Å². The van der Waals surface area contributed by atoms with Gasteiger partial charge in [0, 0.05) is 32.7 Å². The van der Waals surface area contributed by atoms with Crippen molar-refractivity contribution < 1.29 is 0 Å². The molecule has 0 radical (unpaired) electrons. The number of fused-ring (bicyclic) bond motifs is 1. The molecule has 0 bridgehead atoms. The second-order valence-electron chi connectivity index (χ2n) is 5.11. The van der Waals surface area contributed by atoms with Crippen LogP contribution in [0.15, 0.2) is 18.2 Å². The first-order valence-corrected chi connectivity index (χ1v) is 7.29. The molecule has 0 unspecified atom stereocenters. The summed E-state index contributed by atoms with van der Waals surface area (Å²) in [5, 5.41) is 1.15. The number of rotatable bonds is 2. The van der Waals surface area contributed by atoms with Gasteiger partial charge in [-0.3, -0.25) is 4.90 Å². The average Bonchev–Trinajstić information content (AvgIpc) is 2.71. The van der Waals surface area contributed by atoms with Gasteiger partial charge in [0.15, 0.2) is 0 Å². The van der Waals surface area contributed by atoms with E-state index in [1.807, 2.05) is 0 Å². The van der Waals surface area contributed by atoms with Gasteiger partial charge < -0.3 is 4.90 Å². The van der Waals surface area contributed by atoms with Crippen molar-refractivity contribution in [3.63, 3.8) is 0 Å². The minimum absolute atomic E-state index is 1.07. The molecule has 3 rings (SSSR count). The maximum Gasteiger partial charge on any atom is 0.0907 e. The summed E-state index contributed by atoms with van der Waals surface area (Å²) in [6.07, 6.45) is 0. The quantitative estimate of drug-likeness (QED) is 0.827. The summed E-state index contributed by atoms with van der Waals surface area (Å²) in [5.41, 5.74) is 2.55. The summed E-state index contributed by atoms with van der Waals surface area (Å²) in [4.78, 5) is 9.44. The summed E-state index contributed by atoms with van der Waals surface area (Å²) in [5.74, 6) is 0. The van der Waals surface area contributed by atoms with Crippen molar-refractivity contribution in [2.75, 3.05) is 33.2 Å². The summed E-state index contributed by atoms with van der Waals surface area (Å²) < 4.78 is 1.32. The monoisotopic (exact) mass is 261 g/mol. The van der Waals surface area contributed by atoms with Gasteiger partial charge in [-0.25, -0.2) is 4.98 Å². The molecule has 1 aromatic heterocycles. The van der Waals surface area contributed by atoms with Crippen LogP contribution in [0, 0.1) is 6.92 Å². The standard InChI is InChI=1S/C14H19N3S/c1-11-15-13-4-3-12(9-14(13)18-11)10-17-7-5-16(2)6-8-17/h3-4,9H,5-8,10H2,1-2H3. The smallest absolute Gasteiger partial charge is 0.0907 e. The van der Waals surface area contributed by atoms with Gasteiger partial charge >= 0.3 is 0 Å². The fourth-order valence-corrected chi connectivity index (χ4v) is 3.34. The maximum atomic E-state index is 4.51. The number of hydrogen-bond donors (Lipinski definition) is 0. The Morgan fingerprint density at radius 1 is 1.22 bits per heavy atom. The predicted molar refractivity (Wildman–Crippen MR) is 77.1 cm³/mol. The first kappa shape index (κ1) is 12.1. The molecule has 1 aliphatic rings. The number of aromatic nitrogens is 1. The van der Waals surface area contributed by atoms with Gasteiger partial charge in [-0.05, 0) is 31.7 Å². The Morgan fingerprint density at radius 2 is 2.00 bits per heavy atom. The Labute approximate surface area is 112 Å². The highest BCUT2D eigenvalue weighted by Gasteiger charge is 2.14. The average molecular weight is 261 g/mol. The molecule has 1 saturated heterocycles. The van der Waals surface area contributed by atoms with E-state index in [1.54, 1.807) is 11.3 Å². The van der Waals surface area contributed by atoms with Gasteiger partial charge in [0.2, 0.25) is 0 Å². The Balaban J connectivity index is 1.74. The number of likely N-dealkylation sites (N-methyl/N-ethyl adjacent to an activating group) is 1. The molecular weight excluding hydrogens is 242 g/mol. The summed E-state index contributed by atoms with van der Waals surface area (Å²) in [6, 6.07) is 6.68. The highest BCUT2D eigenvalue weighted by Crippen LogP contribution is 2.23. The number of thiazole rings is 1. The molecule has 0 N–H and O–H groups in total. The molecule has 0 aliphatic carbocycles. The summed E-state index contributed by atoms with van der Waals surface area (Å²) in [7, 11) is 2.20. The molecule has 1 aliphatic heterocycles. The van der Waals surface area contributed by atoms with Crippen LogP contribution < -0.4 is 0 Å². The van der Waals surface area contributed by atoms with Crippen LogP contribution >= 0.6 is 11.3 Å². The van der Waals surface area contributed by atoms with Gasteiger partial charge in [0.1, 0.15) is 0 Å². The van der Waals surface area contributed by atoms with Crippen LogP contribution in [0.25, 0.3) is 10.2 Å². The molecule has 1 aromatic carbocycles. The van der Waals surface area contributed by atoms with E-state index in [1.165, 1.54) is 36.4 Å². The molecule has 2 heterocycles. The molecule has 2 aromatic rings. The summed E-state index contributed by atoms with van der Waals surface area (Å²) >= 11 is 1.79. The van der Waals surface area contributed by atoms with Crippen molar-refractivity contribution in [1.82, 2.24) is 14.8 Å². The summed E-state index contributed by atoms with van der Waals surface area (Å²) in [6.45, 7) is 7.86. The molecule has 4 heteroatoms. The highest BCUT2D eigenvalue weighted by molar-refractivity contribution is 7.18. The van der Waals surface area contributed by atoms with E-state index in [2.05, 4.69) is 47.0 Å². The molecule has 0 spiro atoms. The lowest BCUT2D eigenvalue weighted by atomic mass is 10.2. The van der Waals surface area contributed by atoms with E-state index in [0.29, 0.717) is 0 Å². The van der Waals surface area contributed by atoms with Gasteiger partial charge in [0.05, 0.1) is 15.2 Å². The van der Waals surface area contributed by atoms with Crippen LogP contribution in [0.2, 0.25) is 0 Å². The first-order chi connectivity index (χ1) is 8.70. The topological polar surface area (TPSA) is 19.4 Å². The van der Waals surface area contributed by atoms with E-state index >= 15 is 0 Å². The molecule has 18 heavy (non-hydrogen) atoms. The van der Waals surface area contributed by atoms with Gasteiger partial charge in [-0.1, -0.05) is 6.07 Å². The normalized spacial score (nSPS) is 18.6. The van der Waals surface area contributed by atoms with Crippen molar-refractivity contribution in [1.29, 1.82) is 0 Å². The number of aryl methyl sites for hydroxylation is 1. The lowest BCUT2D eigenvalue weighted by molar-refractivity contribution is 0.148. The lowest BCUT2D eigenvalue weighted by Gasteiger charge is -2.32. The van der Waals surface area contributed by atoms with Gasteiger partial charge in [0.25, 0.3) is 0 Å². The number of nitrogens with zero attached hydrogens (tertiary/aromatic N) is 3. The van der Waals surface area contributed by atoms with Crippen molar-refractivity contribution in [2.24, 2.45) is 0 Å². The fourth-order valence-electron chi connectivity index (χ4n) is 2.45. The lowest BCUT2D eigenvalue weighted by Crippen LogP contribution is -2.43. The van der Waals surface area contributed by atoms with E-state index < -0.39 is 0 Å². The van der Waals surface area contributed by atoms with E-state index in [0.717, 1.165) is 17.1 Å². The zero-order chi connectivity index (χ0) is 12.5. The van der Waals surface area contributed by atoms with Crippen molar-refractivity contribution in [3.05, 3.63) is 28.8 Å². The second kappa shape index (κ2) is 4.96. The van der Waals surface area contributed by atoms with Crippen LogP contribution in [0.3, 0.4) is 0 Å². The second-order valence-corrected chi connectivity index (χ2v) is 6.35. The molecule has 0 amide bonds. The SMILES string of the molecule is Cc1nc2ccc(CN3CCN(C)CC3)cc2s1. The minimum atomic E-state index is 1.07. The Hall–Kier alpha value is -0.970. The maximum absolute atomic E-state index is 4.51. The van der Waals surface area contributed by atoms with E-state index in [9.17, 15) is 0 Å². The van der Waals surface area contributed by atoms with Gasteiger partial charge in [-0.2, -0.15) is 0 Å². The molecule has 0 saturated carbocycles. The third-order valence-electron chi connectivity index (χ3n) is 3.56. The van der Waals surface area contributed by atoms with Crippen LogP contribution in [-0.4, -0.2) is 48.0 Å². The van der Waals surface area contributed by atoms with Crippen LogP contribution in [-0.2, 0) is 6.54 Å². The van der Waals surface area contributed by atoms with Crippen LogP contribution in [0.4, 0.5) is 0 Å². The van der Waals surface area contributed by atoms with E-state index in [-0.39, 0.29) is 0 Å². The first-order valence-electron chi connectivity index (χ1n) is 6.48. The highest BCUT2D eigenvalue weighted by atomic mass is 32.1. The number of benzene rings is 1. The molecule has 3 nitrogen and oxygen atoms in total. The largest absolute Gasteiger partial charge is 0.304 e.